The van der Waals surface area contributed by atoms with Crippen molar-refractivity contribution in [2.45, 2.75) is 26.2 Å². The molecule has 6 nitrogen and oxygen atoms in total. The Labute approximate surface area is 135 Å². The molecule has 1 aromatic rings. The average molecular weight is 318 g/mol. The molecule has 2 aliphatic rings. The summed E-state index contributed by atoms with van der Waals surface area (Å²) in [4.78, 5) is 30.8. The highest BCUT2D eigenvalue weighted by Crippen LogP contribution is 2.21. The Kier molecular flexibility index (Phi) is 4.61. The maximum Gasteiger partial charge on any atom is 0.339 e. The van der Waals surface area contributed by atoms with Crippen molar-refractivity contribution in [3.8, 4) is 0 Å². The third-order valence-electron chi connectivity index (χ3n) is 4.65. The van der Waals surface area contributed by atoms with Gasteiger partial charge >= 0.3 is 5.97 Å². The lowest BCUT2D eigenvalue weighted by Crippen LogP contribution is -2.38. The molecule has 0 aromatic carbocycles. The van der Waals surface area contributed by atoms with E-state index in [-0.39, 0.29) is 17.8 Å². The summed E-state index contributed by atoms with van der Waals surface area (Å²) in [5.74, 6) is -0.185. The molecule has 1 amide bonds. The van der Waals surface area contributed by atoms with Gasteiger partial charge in [0.25, 0.3) is 0 Å². The molecule has 2 aliphatic heterocycles. The molecule has 0 bridgehead atoms. The summed E-state index contributed by atoms with van der Waals surface area (Å²) < 4.78 is 10.1. The van der Waals surface area contributed by atoms with Crippen molar-refractivity contribution >= 4 is 11.9 Å². The number of aromatic nitrogens is 1. The number of hydrogen-bond acceptors (Lipinski definition) is 5. The number of rotatable bonds is 2. The highest BCUT2D eigenvalue weighted by molar-refractivity contribution is 5.90. The predicted molar refractivity (Wildman–Crippen MR) is 83.2 cm³/mol. The van der Waals surface area contributed by atoms with E-state index in [1.807, 2.05) is 17.9 Å². The van der Waals surface area contributed by atoms with Crippen LogP contribution in [0.1, 0.15) is 33.7 Å². The summed E-state index contributed by atoms with van der Waals surface area (Å²) >= 11 is 0. The zero-order valence-corrected chi connectivity index (χ0v) is 13.6. The molecule has 0 spiro atoms. The summed E-state index contributed by atoms with van der Waals surface area (Å²) in [6.45, 7) is 4.36. The minimum atomic E-state index is -0.363. The number of fused-ring (bicyclic) bond motifs is 1. The average Bonchev–Trinajstić information content (AvgIpc) is 3.01. The topological polar surface area (TPSA) is 68.7 Å². The molecule has 3 heterocycles. The van der Waals surface area contributed by atoms with Crippen LogP contribution in [0.4, 0.5) is 0 Å². The summed E-state index contributed by atoms with van der Waals surface area (Å²) in [5.41, 5.74) is 3.21. The van der Waals surface area contributed by atoms with Crippen LogP contribution in [0, 0.1) is 12.8 Å². The molecule has 6 heteroatoms. The molecule has 3 rings (SSSR count). The highest BCUT2D eigenvalue weighted by atomic mass is 16.5. The minimum Gasteiger partial charge on any atom is -0.465 e. The Hall–Kier alpha value is -1.95. The van der Waals surface area contributed by atoms with Crippen molar-refractivity contribution in [3.63, 3.8) is 0 Å². The third-order valence-corrected chi connectivity index (χ3v) is 4.65. The number of nitrogens with zero attached hydrogens (tertiary/aromatic N) is 2. The fourth-order valence-electron chi connectivity index (χ4n) is 3.26. The first kappa shape index (κ1) is 15.9. The quantitative estimate of drug-likeness (QED) is 0.765. The first-order chi connectivity index (χ1) is 11.1. The van der Waals surface area contributed by atoms with Gasteiger partial charge in [0.2, 0.25) is 5.91 Å². The molecule has 23 heavy (non-hydrogen) atoms. The van der Waals surface area contributed by atoms with E-state index in [0.29, 0.717) is 44.0 Å². The third kappa shape index (κ3) is 3.22. The fourth-order valence-corrected chi connectivity index (χ4v) is 3.26. The van der Waals surface area contributed by atoms with Gasteiger partial charge in [-0.2, -0.15) is 0 Å². The Morgan fingerprint density at radius 1 is 1.35 bits per heavy atom. The van der Waals surface area contributed by atoms with Gasteiger partial charge in [-0.15, -0.1) is 0 Å². The van der Waals surface area contributed by atoms with Gasteiger partial charge in [0, 0.05) is 31.8 Å². The lowest BCUT2D eigenvalue weighted by atomic mass is 10.0. The van der Waals surface area contributed by atoms with Gasteiger partial charge in [0.15, 0.2) is 0 Å². The van der Waals surface area contributed by atoms with E-state index in [2.05, 4.69) is 4.98 Å². The van der Waals surface area contributed by atoms with Crippen LogP contribution < -0.4 is 0 Å². The number of amides is 1. The van der Waals surface area contributed by atoms with E-state index >= 15 is 0 Å². The molecule has 1 saturated heterocycles. The lowest BCUT2D eigenvalue weighted by molar-refractivity contribution is -0.135. The summed E-state index contributed by atoms with van der Waals surface area (Å²) in [6.07, 6.45) is 2.25. The minimum absolute atomic E-state index is 0.00321. The second-order valence-electron chi connectivity index (χ2n) is 6.10. The fraction of sp³-hybridized carbons (Fsp3) is 0.588. The van der Waals surface area contributed by atoms with E-state index in [0.717, 1.165) is 24.1 Å². The van der Waals surface area contributed by atoms with Gasteiger partial charge in [-0.05, 0) is 31.4 Å². The zero-order chi connectivity index (χ0) is 16.4. The second-order valence-corrected chi connectivity index (χ2v) is 6.10. The van der Waals surface area contributed by atoms with Crippen LogP contribution in [0.3, 0.4) is 0 Å². The molecule has 0 saturated carbocycles. The molecule has 1 atom stereocenters. The Morgan fingerprint density at radius 2 is 2.13 bits per heavy atom. The van der Waals surface area contributed by atoms with Crippen LogP contribution in [0.15, 0.2) is 6.07 Å². The largest absolute Gasteiger partial charge is 0.465 e. The zero-order valence-electron chi connectivity index (χ0n) is 13.6. The van der Waals surface area contributed by atoms with Crippen LogP contribution >= 0.6 is 0 Å². The SMILES string of the molecule is COC(=O)c1cc2c(nc1C)CCN(C(=O)C1CCOC1)CC2. The van der Waals surface area contributed by atoms with Crippen molar-refractivity contribution in [2.24, 2.45) is 5.92 Å². The molecule has 0 N–H and O–H groups in total. The van der Waals surface area contributed by atoms with Gasteiger partial charge in [0.05, 0.1) is 30.9 Å². The van der Waals surface area contributed by atoms with Gasteiger partial charge in [-0.3, -0.25) is 9.78 Å². The summed E-state index contributed by atoms with van der Waals surface area (Å²) in [5, 5.41) is 0. The number of hydrogen-bond donors (Lipinski definition) is 0. The molecule has 1 aromatic heterocycles. The van der Waals surface area contributed by atoms with Crippen LogP contribution in [0.2, 0.25) is 0 Å². The standard InChI is InChI=1S/C17H22N2O4/c1-11-14(17(21)22-2)9-12-3-6-19(7-4-15(12)18-11)16(20)13-5-8-23-10-13/h9,13H,3-8,10H2,1-2H3. The van der Waals surface area contributed by atoms with Gasteiger partial charge in [-0.1, -0.05) is 0 Å². The number of pyridine rings is 1. The normalized spacial score (nSPS) is 20.8. The smallest absolute Gasteiger partial charge is 0.339 e. The molecular weight excluding hydrogens is 296 g/mol. The Balaban J connectivity index is 1.77. The Morgan fingerprint density at radius 3 is 2.83 bits per heavy atom. The van der Waals surface area contributed by atoms with Crippen LogP contribution in [0.25, 0.3) is 0 Å². The molecular formula is C17H22N2O4. The molecule has 1 fully saturated rings. The van der Waals surface area contributed by atoms with Crippen LogP contribution in [0.5, 0.6) is 0 Å². The number of carbonyl (C=O) groups is 2. The number of aryl methyl sites for hydroxylation is 1. The van der Waals surface area contributed by atoms with E-state index in [1.165, 1.54) is 7.11 Å². The first-order valence-corrected chi connectivity index (χ1v) is 8.04. The maximum atomic E-state index is 12.5. The molecule has 0 aliphatic carbocycles. The van der Waals surface area contributed by atoms with Crippen LogP contribution in [-0.2, 0) is 27.1 Å². The number of ether oxygens (including phenoxy) is 2. The lowest BCUT2D eigenvalue weighted by Gasteiger charge is -2.23. The van der Waals surface area contributed by atoms with Crippen molar-refractivity contribution in [3.05, 3.63) is 28.6 Å². The maximum absolute atomic E-state index is 12.5. The van der Waals surface area contributed by atoms with E-state index in [4.69, 9.17) is 9.47 Å². The highest BCUT2D eigenvalue weighted by Gasteiger charge is 2.29. The van der Waals surface area contributed by atoms with Crippen molar-refractivity contribution < 1.29 is 19.1 Å². The van der Waals surface area contributed by atoms with Gasteiger partial charge in [0.1, 0.15) is 0 Å². The first-order valence-electron chi connectivity index (χ1n) is 8.04. The summed E-state index contributed by atoms with van der Waals surface area (Å²) in [6, 6.07) is 1.87. The van der Waals surface area contributed by atoms with Gasteiger partial charge in [-0.25, -0.2) is 4.79 Å². The monoisotopic (exact) mass is 318 g/mol. The Bertz CT molecular complexity index is 623. The van der Waals surface area contributed by atoms with Crippen LogP contribution in [-0.4, -0.2) is 55.2 Å². The van der Waals surface area contributed by atoms with Crippen molar-refractivity contribution in [2.75, 3.05) is 33.4 Å². The number of methoxy groups -OCH3 is 1. The molecule has 1 unspecified atom stereocenters. The summed E-state index contributed by atoms with van der Waals surface area (Å²) in [7, 11) is 1.37. The van der Waals surface area contributed by atoms with Gasteiger partial charge < -0.3 is 14.4 Å². The number of carbonyl (C=O) groups excluding carboxylic acids is 2. The molecule has 124 valence electrons. The van der Waals surface area contributed by atoms with E-state index < -0.39 is 0 Å². The van der Waals surface area contributed by atoms with Crippen molar-refractivity contribution in [1.82, 2.24) is 9.88 Å². The van der Waals surface area contributed by atoms with E-state index in [9.17, 15) is 9.59 Å². The molecule has 0 radical (unpaired) electrons. The number of esters is 1. The predicted octanol–water partition coefficient (Wildman–Crippen LogP) is 1.14. The second kappa shape index (κ2) is 6.66. The van der Waals surface area contributed by atoms with Crippen molar-refractivity contribution in [1.29, 1.82) is 0 Å². The van der Waals surface area contributed by atoms with E-state index in [1.54, 1.807) is 0 Å².